The second-order valence-corrected chi connectivity index (χ2v) is 4.60. The summed E-state index contributed by atoms with van der Waals surface area (Å²) in [6.07, 6.45) is 4.70. The van der Waals surface area contributed by atoms with Crippen molar-refractivity contribution in [1.29, 1.82) is 0 Å². The topological polar surface area (TPSA) is 55.6 Å². The lowest BCUT2D eigenvalue weighted by molar-refractivity contribution is 0.762. The van der Waals surface area contributed by atoms with Gasteiger partial charge in [0.05, 0.1) is 12.5 Å². The van der Waals surface area contributed by atoms with Gasteiger partial charge < -0.3 is 9.88 Å². The Morgan fingerprint density at radius 1 is 1.21 bits per heavy atom. The van der Waals surface area contributed by atoms with E-state index in [4.69, 9.17) is 0 Å². The van der Waals surface area contributed by atoms with Crippen LogP contribution in [0.1, 0.15) is 31.5 Å². The van der Waals surface area contributed by atoms with Gasteiger partial charge in [-0.2, -0.15) is 0 Å². The van der Waals surface area contributed by atoms with Crippen molar-refractivity contribution in [3.05, 3.63) is 23.8 Å². The molecule has 5 nitrogen and oxygen atoms in total. The zero-order valence-corrected chi connectivity index (χ0v) is 12.1. The molecular formula is C14H21N5. The third kappa shape index (κ3) is 2.75. The maximum Gasteiger partial charge on any atom is 0.180 e. The standard InChI is InChI=1S/C14H21N5/c1-5-7-16-13-10(3)11(4)17-14(18-13)12-8-15-9-19(12)6-2/h8-9H,5-7H2,1-4H3,(H,16,17,18). The van der Waals surface area contributed by atoms with Gasteiger partial charge in [0, 0.05) is 24.3 Å². The Bertz CT molecular complexity index is 559. The largest absolute Gasteiger partial charge is 0.370 e. The molecule has 2 aromatic heterocycles. The molecule has 0 fully saturated rings. The zero-order chi connectivity index (χ0) is 13.8. The molecule has 2 heterocycles. The first kappa shape index (κ1) is 13.5. The second kappa shape index (κ2) is 5.82. The van der Waals surface area contributed by atoms with E-state index < -0.39 is 0 Å². The molecule has 102 valence electrons. The van der Waals surface area contributed by atoms with Gasteiger partial charge in [-0.15, -0.1) is 0 Å². The van der Waals surface area contributed by atoms with Crippen molar-refractivity contribution in [2.45, 2.75) is 40.7 Å². The molecule has 2 rings (SSSR count). The van der Waals surface area contributed by atoms with Crippen LogP contribution in [0.25, 0.3) is 11.5 Å². The fourth-order valence-electron chi connectivity index (χ4n) is 1.92. The van der Waals surface area contributed by atoms with Crippen molar-refractivity contribution in [3.8, 4) is 11.5 Å². The average Bonchev–Trinajstić information content (AvgIpc) is 2.88. The monoisotopic (exact) mass is 259 g/mol. The molecule has 19 heavy (non-hydrogen) atoms. The molecule has 0 saturated carbocycles. The molecule has 0 amide bonds. The Morgan fingerprint density at radius 3 is 2.68 bits per heavy atom. The van der Waals surface area contributed by atoms with Crippen LogP contribution in [-0.2, 0) is 6.54 Å². The third-order valence-corrected chi connectivity index (χ3v) is 3.21. The highest BCUT2D eigenvalue weighted by Gasteiger charge is 2.12. The number of imidazole rings is 1. The highest BCUT2D eigenvalue weighted by atomic mass is 15.1. The van der Waals surface area contributed by atoms with Gasteiger partial charge in [0.2, 0.25) is 0 Å². The Labute approximate surface area is 114 Å². The molecule has 0 bridgehead atoms. The van der Waals surface area contributed by atoms with Crippen molar-refractivity contribution in [2.75, 3.05) is 11.9 Å². The summed E-state index contributed by atoms with van der Waals surface area (Å²) in [5.74, 6) is 1.66. The minimum Gasteiger partial charge on any atom is -0.370 e. The molecule has 0 spiro atoms. The molecule has 0 atom stereocenters. The number of hydrogen-bond donors (Lipinski definition) is 1. The molecule has 2 aromatic rings. The molecule has 0 aromatic carbocycles. The van der Waals surface area contributed by atoms with Gasteiger partial charge in [-0.1, -0.05) is 6.92 Å². The fraction of sp³-hybridized carbons (Fsp3) is 0.500. The maximum absolute atomic E-state index is 4.64. The van der Waals surface area contributed by atoms with Gasteiger partial charge in [-0.25, -0.2) is 15.0 Å². The van der Waals surface area contributed by atoms with Crippen molar-refractivity contribution in [2.24, 2.45) is 0 Å². The van der Waals surface area contributed by atoms with E-state index in [1.54, 1.807) is 0 Å². The third-order valence-electron chi connectivity index (χ3n) is 3.21. The molecule has 0 aliphatic rings. The Balaban J connectivity index is 2.44. The number of nitrogens with zero attached hydrogens (tertiary/aromatic N) is 4. The predicted molar refractivity (Wildman–Crippen MR) is 77.2 cm³/mol. The van der Waals surface area contributed by atoms with Crippen LogP contribution in [0.2, 0.25) is 0 Å². The van der Waals surface area contributed by atoms with Crippen molar-refractivity contribution in [1.82, 2.24) is 19.5 Å². The van der Waals surface area contributed by atoms with Crippen molar-refractivity contribution >= 4 is 5.82 Å². The minimum absolute atomic E-state index is 0.737. The van der Waals surface area contributed by atoms with Gasteiger partial charge in [-0.3, -0.25) is 0 Å². The van der Waals surface area contributed by atoms with E-state index >= 15 is 0 Å². The maximum atomic E-state index is 4.64. The lowest BCUT2D eigenvalue weighted by atomic mass is 10.2. The van der Waals surface area contributed by atoms with Crippen LogP contribution in [0.5, 0.6) is 0 Å². The highest BCUT2D eigenvalue weighted by Crippen LogP contribution is 2.21. The molecular weight excluding hydrogens is 238 g/mol. The first-order chi connectivity index (χ1) is 9.17. The summed E-state index contributed by atoms with van der Waals surface area (Å²) < 4.78 is 2.05. The van der Waals surface area contributed by atoms with Crippen LogP contribution in [-0.4, -0.2) is 26.1 Å². The van der Waals surface area contributed by atoms with E-state index in [0.717, 1.165) is 48.1 Å². The van der Waals surface area contributed by atoms with E-state index in [1.165, 1.54) is 0 Å². The number of rotatable bonds is 5. The van der Waals surface area contributed by atoms with Crippen LogP contribution < -0.4 is 5.32 Å². The van der Waals surface area contributed by atoms with E-state index in [0.29, 0.717) is 0 Å². The Kier molecular flexibility index (Phi) is 4.14. The molecule has 0 saturated heterocycles. The Morgan fingerprint density at radius 2 is 2.00 bits per heavy atom. The van der Waals surface area contributed by atoms with E-state index in [-0.39, 0.29) is 0 Å². The van der Waals surface area contributed by atoms with E-state index in [9.17, 15) is 0 Å². The predicted octanol–water partition coefficient (Wildman–Crippen LogP) is 2.80. The van der Waals surface area contributed by atoms with Crippen LogP contribution in [0.4, 0.5) is 5.82 Å². The second-order valence-electron chi connectivity index (χ2n) is 4.60. The van der Waals surface area contributed by atoms with Gasteiger partial charge in [-0.05, 0) is 27.2 Å². The molecule has 0 radical (unpaired) electrons. The first-order valence-electron chi connectivity index (χ1n) is 6.77. The lowest BCUT2D eigenvalue weighted by Crippen LogP contribution is -2.08. The molecule has 0 unspecified atom stereocenters. The van der Waals surface area contributed by atoms with Crippen molar-refractivity contribution < 1.29 is 0 Å². The van der Waals surface area contributed by atoms with Crippen LogP contribution in [0.3, 0.4) is 0 Å². The summed E-state index contributed by atoms with van der Waals surface area (Å²) in [4.78, 5) is 13.4. The number of anilines is 1. The van der Waals surface area contributed by atoms with E-state index in [2.05, 4.69) is 34.1 Å². The normalized spacial score (nSPS) is 10.7. The molecule has 0 aliphatic heterocycles. The van der Waals surface area contributed by atoms with Gasteiger partial charge in [0.25, 0.3) is 0 Å². The molecule has 5 heteroatoms. The summed E-state index contributed by atoms with van der Waals surface area (Å²) in [5.41, 5.74) is 3.08. The van der Waals surface area contributed by atoms with Gasteiger partial charge in [0.1, 0.15) is 11.5 Å². The average molecular weight is 259 g/mol. The summed E-state index contributed by atoms with van der Waals surface area (Å²) in [5, 5.41) is 3.36. The van der Waals surface area contributed by atoms with Crippen molar-refractivity contribution in [3.63, 3.8) is 0 Å². The first-order valence-corrected chi connectivity index (χ1v) is 6.77. The highest BCUT2D eigenvalue weighted by molar-refractivity contribution is 5.56. The van der Waals surface area contributed by atoms with Crippen LogP contribution in [0, 0.1) is 13.8 Å². The summed E-state index contributed by atoms with van der Waals surface area (Å²) >= 11 is 0. The summed E-state index contributed by atoms with van der Waals surface area (Å²) in [6.45, 7) is 10.1. The van der Waals surface area contributed by atoms with Gasteiger partial charge in [0.15, 0.2) is 5.82 Å². The SMILES string of the molecule is CCCNc1nc(-c2cncn2CC)nc(C)c1C. The zero-order valence-electron chi connectivity index (χ0n) is 12.1. The Hall–Kier alpha value is -1.91. The smallest absolute Gasteiger partial charge is 0.180 e. The van der Waals surface area contributed by atoms with Crippen LogP contribution >= 0.6 is 0 Å². The molecule has 0 aliphatic carbocycles. The summed E-state index contributed by atoms with van der Waals surface area (Å²) in [7, 11) is 0. The lowest BCUT2D eigenvalue weighted by Gasteiger charge is -2.12. The minimum atomic E-state index is 0.737. The number of hydrogen-bond acceptors (Lipinski definition) is 4. The van der Waals surface area contributed by atoms with E-state index in [1.807, 2.05) is 30.9 Å². The quantitative estimate of drug-likeness (QED) is 0.897. The number of nitrogens with one attached hydrogen (secondary N) is 1. The molecule has 1 N–H and O–H groups in total. The summed E-state index contributed by atoms with van der Waals surface area (Å²) in [6, 6.07) is 0. The van der Waals surface area contributed by atoms with Crippen LogP contribution in [0.15, 0.2) is 12.5 Å². The fourth-order valence-corrected chi connectivity index (χ4v) is 1.92. The number of aryl methyl sites for hydroxylation is 2. The van der Waals surface area contributed by atoms with Gasteiger partial charge >= 0.3 is 0 Å². The number of aromatic nitrogens is 4.